The molecule has 2 aliphatic rings. The molecule has 31 heavy (non-hydrogen) atoms. The average Bonchev–Trinajstić information content (AvgIpc) is 3.60. The quantitative estimate of drug-likeness (QED) is 0.686. The van der Waals surface area contributed by atoms with Crippen LogP contribution in [0.25, 0.3) is 0 Å². The fourth-order valence-electron chi connectivity index (χ4n) is 3.86. The van der Waals surface area contributed by atoms with E-state index >= 15 is 0 Å². The van der Waals surface area contributed by atoms with Crippen molar-refractivity contribution in [3.8, 4) is 0 Å². The molecule has 1 saturated carbocycles. The van der Waals surface area contributed by atoms with Gasteiger partial charge in [0, 0.05) is 50.7 Å². The summed E-state index contributed by atoms with van der Waals surface area (Å²) in [6, 6.07) is 17.2. The van der Waals surface area contributed by atoms with Crippen molar-refractivity contribution in [3.63, 3.8) is 0 Å². The third-order valence-electron chi connectivity index (χ3n) is 6.05. The van der Waals surface area contributed by atoms with Crippen LogP contribution in [-0.2, 0) is 17.8 Å². The molecule has 4 rings (SSSR count). The molecule has 1 atom stereocenters. The molecule has 2 fully saturated rings. The van der Waals surface area contributed by atoms with Gasteiger partial charge in [-0.1, -0.05) is 42.5 Å². The van der Waals surface area contributed by atoms with Gasteiger partial charge in [0.2, 0.25) is 5.91 Å². The van der Waals surface area contributed by atoms with Crippen LogP contribution in [0, 0.1) is 0 Å². The van der Waals surface area contributed by atoms with Crippen LogP contribution < -0.4 is 10.6 Å². The smallest absolute Gasteiger partial charge is 0.251 e. The van der Waals surface area contributed by atoms with Gasteiger partial charge in [0.1, 0.15) is 6.04 Å². The van der Waals surface area contributed by atoms with Gasteiger partial charge in [-0.25, -0.2) is 0 Å². The van der Waals surface area contributed by atoms with Crippen molar-refractivity contribution in [2.75, 3.05) is 33.2 Å². The number of nitrogens with zero attached hydrogens (tertiary/aromatic N) is 2. The van der Waals surface area contributed by atoms with Crippen molar-refractivity contribution in [1.82, 2.24) is 20.4 Å². The molecule has 1 heterocycles. The van der Waals surface area contributed by atoms with Crippen molar-refractivity contribution in [3.05, 3.63) is 71.3 Å². The second kappa shape index (κ2) is 10.1. The Bertz CT molecular complexity index is 872. The van der Waals surface area contributed by atoms with Gasteiger partial charge in [-0.3, -0.25) is 14.5 Å². The van der Waals surface area contributed by atoms with Crippen LogP contribution in [-0.4, -0.2) is 66.9 Å². The van der Waals surface area contributed by atoms with E-state index in [1.165, 1.54) is 5.56 Å². The minimum absolute atomic E-state index is 0.105. The van der Waals surface area contributed by atoms with Crippen LogP contribution in [0.1, 0.15) is 34.3 Å². The third-order valence-corrected chi connectivity index (χ3v) is 6.05. The zero-order chi connectivity index (χ0) is 21.6. The molecule has 0 radical (unpaired) electrons. The van der Waals surface area contributed by atoms with Gasteiger partial charge in [0.15, 0.2) is 0 Å². The van der Waals surface area contributed by atoms with Crippen molar-refractivity contribution in [2.45, 2.75) is 37.9 Å². The Kier molecular flexibility index (Phi) is 6.99. The van der Waals surface area contributed by atoms with E-state index < -0.39 is 6.04 Å². The van der Waals surface area contributed by atoms with Crippen LogP contribution in [0.3, 0.4) is 0 Å². The Labute approximate surface area is 184 Å². The molecule has 2 amide bonds. The van der Waals surface area contributed by atoms with E-state index in [0.29, 0.717) is 12.0 Å². The number of carbonyl (C=O) groups is 2. The first-order chi connectivity index (χ1) is 15.1. The lowest BCUT2D eigenvalue weighted by Crippen LogP contribution is -2.48. The maximum absolute atomic E-state index is 12.9. The summed E-state index contributed by atoms with van der Waals surface area (Å²) in [4.78, 5) is 30.4. The van der Waals surface area contributed by atoms with Gasteiger partial charge in [-0.05, 0) is 43.1 Å². The first-order valence-electron chi connectivity index (χ1n) is 11.2. The summed E-state index contributed by atoms with van der Waals surface area (Å²) in [5.41, 5.74) is 2.81. The van der Waals surface area contributed by atoms with E-state index in [2.05, 4.69) is 27.5 Å². The summed E-state index contributed by atoms with van der Waals surface area (Å²) in [6.07, 6.45) is 2.52. The number of benzene rings is 2. The Hall–Kier alpha value is -2.70. The summed E-state index contributed by atoms with van der Waals surface area (Å²) >= 11 is 0. The molecule has 2 aromatic rings. The average molecular weight is 421 g/mol. The van der Waals surface area contributed by atoms with E-state index in [4.69, 9.17) is 0 Å². The molecule has 2 aromatic carbocycles. The fraction of sp³-hybridized carbons (Fsp3) is 0.440. The molecule has 0 aromatic heterocycles. The molecule has 6 heteroatoms. The van der Waals surface area contributed by atoms with Crippen molar-refractivity contribution in [2.24, 2.45) is 0 Å². The molecule has 1 aliphatic heterocycles. The monoisotopic (exact) mass is 420 g/mol. The van der Waals surface area contributed by atoms with Gasteiger partial charge >= 0.3 is 0 Å². The number of amides is 2. The SMILES string of the molecule is CN1CCN(Cc2ccc(C(=O)NC(Cc3ccccc3)C(=O)NC3CC3)cc2)CC1. The van der Waals surface area contributed by atoms with Gasteiger partial charge in [-0.15, -0.1) is 0 Å². The Balaban J connectivity index is 1.37. The number of carbonyl (C=O) groups excluding carboxylic acids is 2. The number of likely N-dealkylation sites (N-methyl/N-ethyl adjacent to an activating group) is 1. The van der Waals surface area contributed by atoms with Crippen LogP contribution >= 0.6 is 0 Å². The number of rotatable bonds is 8. The lowest BCUT2D eigenvalue weighted by Gasteiger charge is -2.32. The van der Waals surface area contributed by atoms with Gasteiger partial charge < -0.3 is 15.5 Å². The van der Waals surface area contributed by atoms with Gasteiger partial charge in [0.05, 0.1) is 0 Å². The minimum Gasteiger partial charge on any atom is -0.352 e. The maximum Gasteiger partial charge on any atom is 0.251 e. The van der Waals surface area contributed by atoms with Crippen molar-refractivity contribution >= 4 is 11.8 Å². The first kappa shape index (κ1) is 21.5. The lowest BCUT2D eigenvalue weighted by molar-refractivity contribution is -0.123. The molecule has 0 bridgehead atoms. The molecule has 2 N–H and O–H groups in total. The van der Waals surface area contributed by atoms with E-state index in [-0.39, 0.29) is 17.9 Å². The highest BCUT2D eigenvalue weighted by Crippen LogP contribution is 2.19. The summed E-state index contributed by atoms with van der Waals surface area (Å²) in [5.74, 6) is -0.315. The molecule has 0 spiro atoms. The van der Waals surface area contributed by atoms with E-state index in [1.54, 1.807) is 0 Å². The number of hydrogen-bond acceptors (Lipinski definition) is 4. The van der Waals surface area contributed by atoms with Crippen LogP contribution in [0.5, 0.6) is 0 Å². The van der Waals surface area contributed by atoms with Crippen LogP contribution in [0.15, 0.2) is 54.6 Å². The predicted octanol–water partition coefficient (Wildman–Crippen LogP) is 2.05. The van der Waals surface area contributed by atoms with E-state index in [0.717, 1.165) is 51.1 Å². The minimum atomic E-state index is -0.583. The number of nitrogens with one attached hydrogen (secondary N) is 2. The molecule has 1 aliphatic carbocycles. The Morgan fingerprint density at radius 1 is 0.935 bits per heavy atom. The van der Waals surface area contributed by atoms with Gasteiger partial charge in [0.25, 0.3) is 5.91 Å². The molecule has 6 nitrogen and oxygen atoms in total. The summed E-state index contributed by atoms with van der Waals surface area (Å²) in [6.45, 7) is 5.21. The summed E-state index contributed by atoms with van der Waals surface area (Å²) in [5, 5.41) is 5.98. The predicted molar refractivity (Wildman–Crippen MR) is 122 cm³/mol. The molecule has 164 valence electrons. The van der Waals surface area contributed by atoms with Crippen LogP contribution in [0.2, 0.25) is 0 Å². The first-order valence-corrected chi connectivity index (χ1v) is 11.2. The van der Waals surface area contributed by atoms with Crippen molar-refractivity contribution in [1.29, 1.82) is 0 Å². The molecule has 1 unspecified atom stereocenters. The highest BCUT2D eigenvalue weighted by atomic mass is 16.2. The summed E-state index contributed by atoms with van der Waals surface area (Å²) in [7, 11) is 2.15. The summed E-state index contributed by atoms with van der Waals surface area (Å²) < 4.78 is 0. The standard InChI is InChI=1S/C25H32N4O2/c1-28-13-15-29(16-14-28)18-20-7-9-21(10-8-20)24(30)27-23(25(31)26-22-11-12-22)17-19-5-3-2-4-6-19/h2-10,22-23H,11-18H2,1H3,(H,26,31)(H,27,30). The zero-order valence-electron chi connectivity index (χ0n) is 18.2. The molecule has 1 saturated heterocycles. The number of hydrogen-bond donors (Lipinski definition) is 2. The highest BCUT2D eigenvalue weighted by molar-refractivity contribution is 5.97. The second-order valence-corrected chi connectivity index (χ2v) is 8.77. The third kappa shape index (κ3) is 6.39. The molecular weight excluding hydrogens is 388 g/mol. The molecular formula is C25H32N4O2. The van der Waals surface area contributed by atoms with Crippen molar-refractivity contribution < 1.29 is 9.59 Å². The lowest BCUT2D eigenvalue weighted by atomic mass is 10.0. The van der Waals surface area contributed by atoms with Gasteiger partial charge in [-0.2, -0.15) is 0 Å². The maximum atomic E-state index is 12.9. The highest BCUT2D eigenvalue weighted by Gasteiger charge is 2.28. The van der Waals surface area contributed by atoms with Crippen LogP contribution in [0.4, 0.5) is 0 Å². The fourth-order valence-corrected chi connectivity index (χ4v) is 3.86. The normalized spacial score (nSPS) is 18.4. The zero-order valence-corrected chi connectivity index (χ0v) is 18.2. The Morgan fingerprint density at radius 2 is 1.61 bits per heavy atom. The topological polar surface area (TPSA) is 64.7 Å². The van der Waals surface area contributed by atoms with E-state index in [9.17, 15) is 9.59 Å². The number of piperazine rings is 1. The Morgan fingerprint density at radius 3 is 2.26 bits per heavy atom. The van der Waals surface area contributed by atoms with E-state index in [1.807, 2.05) is 54.6 Å². The largest absolute Gasteiger partial charge is 0.352 e. The second-order valence-electron chi connectivity index (χ2n) is 8.77.